The normalized spacial score (nSPS) is 13.1. The van der Waals surface area contributed by atoms with Crippen molar-refractivity contribution in [2.24, 2.45) is 0 Å². The van der Waals surface area contributed by atoms with Gasteiger partial charge in [0.25, 0.3) is 0 Å². The molecule has 0 heterocycles. The minimum atomic E-state index is -2.29. The maximum Gasteiger partial charge on any atom is 1.00 e. The van der Waals surface area contributed by atoms with E-state index in [1.807, 2.05) is 0 Å². The second-order valence-corrected chi connectivity index (χ2v) is 3.35. The van der Waals surface area contributed by atoms with Crippen LogP contribution in [0.15, 0.2) is 0 Å². The van der Waals surface area contributed by atoms with Crippen molar-refractivity contribution in [2.45, 2.75) is 18.6 Å². The van der Waals surface area contributed by atoms with Crippen LogP contribution in [0.4, 0.5) is 0 Å². The van der Waals surface area contributed by atoms with E-state index in [1.165, 1.54) is 13.8 Å². The Balaban J connectivity index is 0. The predicted octanol–water partition coefficient (Wildman–Crippen LogP) is -2.83. The summed E-state index contributed by atoms with van der Waals surface area (Å²) in [5, 5.41) is 8.12. The van der Waals surface area contributed by atoms with Crippen molar-refractivity contribution in [2.75, 3.05) is 0 Å². The molecule has 0 amide bonds. The number of nitrogens with zero attached hydrogens (tertiary/aromatic N) is 1. The molecule has 0 aliphatic rings. The minimum Gasteiger partial charge on any atom is -0.771 e. The Labute approximate surface area is 79.0 Å². The predicted molar refractivity (Wildman–Crippen MR) is 28.6 cm³/mol. The van der Waals surface area contributed by atoms with Crippen LogP contribution in [0.2, 0.25) is 0 Å². The van der Waals surface area contributed by atoms with Crippen LogP contribution < -0.4 is 29.6 Å². The van der Waals surface area contributed by atoms with Crippen LogP contribution in [-0.2, 0) is 11.1 Å². The third-order valence-corrected chi connectivity index (χ3v) is 1.61. The molecule has 1 unspecified atom stereocenters. The molecule has 0 saturated carbocycles. The Morgan fingerprint density at radius 1 is 1.67 bits per heavy atom. The molecule has 0 N–H and O–H groups in total. The second kappa shape index (κ2) is 4.42. The standard InChI is InChI=1S/C4H7NO2S.Na/c1-4(2,3-5)8(6)7;/h1-2H3,(H,6,7);/q;+1/p-1. The molecule has 0 aromatic heterocycles. The van der Waals surface area contributed by atoms with E-state index in [4.69, 9.17) is 5.26 Å². The van der Waals surface area contributed by atoms with Gasteiger partial charge in [-0.25, -0.2) is 0 Å². The van der Waals surface area contributed by atoms with Crippen LogP contribution >= 0.6 is 0 Å². The van der Waals surface area contributed by atoms with E-state index in [0.717, 1.165) is 0 Å². The van der Waals surface area contributed by atoms with Crippen molar-refractivity contribution in [1.29, 1.82) is 5.26 Å². The molecule has 0 spiro atoms. The smallest absolute Gasteiger partial charge is 0.771 e. The fraction of sp³-hybridized carbons (Fsp3) is 0.750. The van der Waals surface area contributed by atoms with Crippen LogP contribution in [0.3, 0.4) is 0 Å². The molecule has 0 aromatic rings. The van der Waals surface area contributed by atoms with Gasteiger partial charge in [0, 0.05) is 0 Å². The Morgan fingerprint density at radius 2 is 2.00 bits per heavy atom. The van der Waals surface area contributed by atoms with Gasteiger partial charge in [-0.1, -0.05) is 0 Å². The van der Waals surface area contributed by atoms with Crippen LogP contribution in [0.25, 0.3) is 0 Å². The topological polar surface area (TPSA) is 63.9 Å². The van der Waals surface area contributed by atoms with Gasteiger partial charge in [-0.05, 0) is 24.9 Å². The maximum absolute atomic E-state index is 10.0. The number of rotatable bonds is 1. The van der Waals surface area contributed by atoms with Crippen molar-refractivity contribution < 1.29 is 38.3 Å². The van der Waals surface area contributed by atoms with Crippen LogP contribution in [-0.4, -0.2) is 13.5 Å². The number of hydrogen-bond donors (Lipinski definition) is 0. The summed E-state index contributed by atoms with van der Waals surface area (Å²) < 4.78 is 18.8. The fourth-order valence-corrected chi connectivity index (χ4v) is 0.112. The Morgan fingerprint density at radius 3 is 2.00 bits per heavy atom. The van der Waals surface area contributed by atoms with Crippen LogP contribution in [0.5, 0.6) is 0 Å². The van der Waals surface area contributed by atoms with Crippen LogP contribution in [0, 0.1) is 11.3 Å². The summed E-state index contributed by atoms with van der Waals surface area (Å²) in [7, 11) is 0. The van der Waals surface area contributed by atoms with Gasteiger partial charge in [-0.15, -0.1) is 0 Å². The first-order valence-electron chi connectivity index (χ1n) is 2.01. The molecule has 0 fully saturated rings. The van der Waals surface area contributed by atoms with E-state index < -0.39 is 15.8 Å². The maximum atomic E-state index is 10.0. The van der Waals surface area contributed by atoms with Gasteiger partial charge >= 0.3 is 29.6 Å². The molecule has 0 saturated heterocycles. The van der Waals surface area contributed by atoms with E-state index in [1.54, 1.807) is 6.07 Å². The van der Waals surface area contributed by atoms with Crippen molar-refractivity contribution in [3.8, 4) is 6.07 Å². The molecule has 0 aliphatic carbocycles. The molecule has 3 nitrogen and oxygen atoms in total. The second-order valence-electron chi connectivity index (χ2n) is 1.86. The quantitative estimate of drug-likeness (QED) is 0.303. The molecule has 0 aromatic carbocycles. The van der Waals surface area contributed by atoms with Crippen molar-refractivity contribution in [3.63, 3.8) is 0 Å². The fourth-order valence-electron chi connectivity index (χ4n) is 0.0373. The van der Waals surface area contributed by atoms with E-state index in [0.29, 0.717) is 0 Å². The zero-order valence-corrected chi connectivity index (χ0v) is 8.49. The molecule has 5 heteroatoms. The molecule has 0 aliphatic heterocycles. The summed E-state index contributed by atoms with van der Waals surface area (Å²) in [6.45, 7) is 2.69. The average Bonchev–Trinajstić information content (AvgIpc) is 1.67. The Bertz CT molecular complexity index is 151. The first-order chi connectivity index (χ1) is 3.50. The molecule has 1 atom stereocenters. The molecule has 0 radical (unpaired) electrons. The molecule has 9 heavy (non-hydrogen) atoms. The SMILES string of the molecule is CC(C)(C#N)S(=O)[O-].[Na+]. The Kier molecular flexibility index (Phi) is 6.04. The third-order valence-electron chi connectivity index (χ3n) is 0.686. The van der Waals surface area contributed by atoms with E-state index >= 15 is 0 Å². The van der Waals surface area contributed by atoms with Crippen molar-refractivity contribution >= 4 is 11.1 Å². The summed E-state index contributed by atoms with van der Waals surface area (Å²) in [5.41, 5.74) is 0. The zero-order valence-electron chi connectivity index (χ0n) is 5.67. The molecular formula is C4H6NNaO2S. The third kappa shape index (κ3) is 4.06. The summed E-state index contributed by atoms with van der Waals surface area (Å²) in [6, 6.07) is 1.63. The van der Waals surface area contributed by atoms with Gasteiger partial charge in [0.05, 0.1) is 6.07 Å². The van der Waals surface area contributed by atoms with E-state index in [2.05, 4.69) is 0 Å². The van der Waals surface area contributed by atoms with Crippen molar-refractivity contribution in [1.82, 2.24) is 0 Å². The minimum absolute atomic E-state index is 0. The van der Waals surface area contributed by atoms with E-state index in [-0.39, 0.29) is 29.6 Å². The first kappa shape index (κ1) is 12.3. The average molecular weight is 155 g/mol. The largest absolute Gasteiger partial charge is 1.00 e. The summed E-state index contributed by atoms with van der Waals surface area (Å²) >= 11 is -2.29. The van der Waals surface area contributed by atoms with Gasteiger partial charge in [0.15, 0.2) is 0 Å². The first-order valence-corrected chi connectivity index (χ1v) is 3.09. The molecule has 0 bridgehead atoms. The number of nitriles is 1. The van der Waals surface area contributed by atoms with Gasteiger partial charge in [0.1, 0.15) is 4.75 Å². The van der Waals surface area contributed by atoms with Gasteiger partial charge in [-0.3, -0.25) is 4.21 Å². The van der Waals surface area contributed by atoms with Crippen LogP contribution in [0.1, 0.15) is 13.8 Å². The van der Waals surface area contributed by atoms with Gasteiger partial charge in [-0.2, -0.15) is 5.26 Å². The van der Waals surface area contributed by atoms with Crippen molar-refractivity contribution in [3.05, 3.63) is 0 Å². The molecule has 46 valence electrons. The zero-order chi connectivity index (χ0) is 6.78. The van der Waals surface area contributed by atoms with Gasteiger partial charge < -0.3 is 4.55 Å². The summed E-state index contributed by atoms with van der Waals surface area (Å²) in [5.74, 6) is 0. The summed E-state index contributed by atoms with van der Waals surface area (Å²) in [6.07, 6.45) is 0. The molecule has 0 rings (SSSR count). The number of hydrogen-bond acceptors (Lipinski definition) is 3. The summed E-state index contributed by atoms with van der Waals surface area (Å²) in [4.78, 5) is 0. The van der Waals surface area contributed by atoms with E-state index in [9.17, 15) is 8.76 Å². The van der Waals surface area contributed by atoms with Gasteiger partial charge in [0.2, 0.25) is 0 Å². The molecular weight excluding hydrogens is 149 g/mol. The monoisotopic (exact) mass is 155 g/mol. The Hall–Kier alpha value is 0.600.